The molecule has 1 aromatic carbocycles. The lowest BCUT2D eigenvalue weighted by Gasteiger charge is -2.36. The van der Waals surface area contributed by atoms with Crippen LogP contribution in [0.2, 0.25) is 90.3 Å². The molecule has 0 saturated carbocycles. The van der Waals surface area contributed by atoms with Crippen LogP contribution in [0.1, 0.15) is 262 Å². The number of urea groups is 1. The molecule has 0 unspecified atom stereocenters. The molecule has 29 nitrogen and oxygen atoms in total. The van der Waals surface area contributed by atoms with Crippen molar-refractivity contribution in [3.8, 4) is 17.1 Å². The number of benzene rings is 1. The first kappa shape index (κ1) is 124. The molecule has 14 rings (SSSR count). The van der Waals surface area contributed by atoms with Crippen molar-refractivity contribution in [2.75, 3.05) is 43.1 Å². The third-order valence-electron chi connectivity index (χ3n) is 27.2. The van der Waals surface area contributed by atoms with E-state index in [0.29, 0.717) is 90.1 Å². The van der Waals surface area contributed by atoms with Gasteiger partial charge in [-0.1, -0.05) is 225 Å². The largest absolute Gasteiger partial charge is 0.492 e. The van der Waals surface area contributed by atoms with Crippen LogP contribution in [0.25, 0.3) is 50.2 Å². The van der Waals surface area contributed by atoms with Crippen molar-refractivity contribution in [2.45, 2.75) is 299 Å². The van der Waals surface area contributed by atoms with Gasteiger partial charge in [0.1, 0.15) is 21.9 Å². The number of aromatic nitrogens is 14. The van der Waals surface area contributed by atoms with Crippen LogP contribution >= 0.6 is 81.2 Å². The first-order valence-corrected chi connectivity index (χ1v) is 61.4. The molecule has 150 heavy (non-hydrogen) atoms. The van der Waals surface area contributed by atoms with Gasteiger partial charge < -0.3 is 38.9 Å². The highest BCUT2D eigenvalue weighted by atomic mass is 35.5. The highest BCUT2D eigenvalue weighted by molar-refractivity contribution is 6.75. The molecule has 2 saturated heterocycles. The number of amides is 3. The molecule has 812 valence electrons. The number of imide groups is 1. The molecule has 0 spiro atoms. The molecular weight excluding hydrogens is 2130 g/mol. The number of piperidine rings is 2. The number of fused-ring (bicyclic) bond motifs is 3. The number of hydrogen-bond acceptors (Lipinski definition) is 23. The smallest absolute Gasteiger partial charge is 0.423 e. The summed E-state index contributed by atoms with van der Waals surface area (Å²) in [5.74, 6) is -4.24. The minimum absolute atomic E-state index is 0.00481. The Bertz CT molecular complexity index is 7070. The van der Waals surface area contributed by atoms with Gasteiger partial charge in [0.25, 0.3) is 11.5 Å². The van der Waals surface area contributed by atoms with Gasteiger partial charge in [-0.2, -0.15) is 9.97 Å². The number of carbonyl (C=O) groups excluding carboxylic acids is 2. The van der Waals surface area contributed by atoms with E-state index in [1.54, 1.807) is 24.8 Å². The van der Waals surface area contributed by atoms with E-state index in [4.69, 9.17) is 105 Å². The zero-order valence-electron chi connectivity index (χ0n) is 89.9. The molecule has 0 radical (unpaired) electrons. The fraction of sp³-hybridized carbons (Fsp3) is 0.486. The van der Waals surface area contributed by atoms with Gasteiger partial charge in [-0.25, -0.2) is 74.8 Å². The van der Waals surface area contributed by atoms with Gasteiger partial charge in [-0.3, -0.25) is 39.8 Å². The zero-order chi connectivity index (χ0) is 112. The summed E-state index contributed by atoms with van der Waals surface area (Å²) in [6.07, 6.45) is 17.4. The van der Waals surface area contributed by atoms with Crippen LogP contribution in [-0.4, -0.2) is 168 Å². The molecule has 2 atom stereocenters. The molecule has 2 aliphatic rings. The summed E-state index contributed by atoms with van der Waals surface area (Å²) >= 11 is 41.1. The third kappa shape index (κ3) is 31.0. The van der Waals surface area contributed by atoms with Crippen LogP contribution < -0.4 is 48.9 Å². The maximum atomic E-state index is 14.8. The molecule has 3 amide bonds. The number of H-pyrrole nitrogens is 1. The van der Waals surface area contributed by atoms with Crippen LogP contribution in [0.5, 0.6) is 0 Å². The van der Waals surface area contributed by atoms with Crippen molar-refractivity contribution < 1.29 is 54.9 Å². The van der Waals surface area contributed by atoms with Gasteiger partial charge in [0, 0.05) is 73.7 Å². The number of aryl methyl sites for hydroxylation is 1. The fourth-order valence-corrected chi connectivity index (χ4v) is 20.3. The SMILES string of the molecule is CC(C)c1nccc(CCO[Si](C)(C)C(C)(C)C)c1-n1c(=O)[nH]c(=O)c2cc(F)c(Cl)nc21.CC(C)c1nccc(CCO[Si](C)(C)C(C)(C)C)c1-n1c(=O)nc(Cl)c2cc(F)c(Cl)nc21.CC(C)c1nccc(CCO[Si](C)(C)C(C)(C)C)c1-n1c(=O)nc(N2CCCC[C@@H]2C)c2cc(F)c(Cl)nc21.CCCc1ccnc(C(C)C)c1NC(=O)NC(=O)c1cc(F)c(Cl)nc1Cl.C[C@H]1CCCCN1.OB(O)c1c(F)cccc1Cl. The minimum Gasteiger partial charge on any atom is -0.423 e. The van der Waals surface area contributed by atoms with E-state index in [1.807, 2.05) is 86.6 Å². The first-order chi connectivity index (χ1) is 70.0. The van der Waals surface area contributed by atoms with Crippen molar-refractivity contribution in [1.82, 2.24) is 79.2 Å². The molecule has 2 aliphatic heterocycles. The number of aromatic amines is 1. The molecule has 0 bridgehead atoms. The Labute approximate surface area is 911 Å². The number of halogens is 12. The molecular formula is C105H137BCl7F5N18O11Si3. The van der Waals surface area contributed by atoms with Crippen LogP contribution in [0, 0.1) is 29.1 Å². The van der Waals surface area contributed by atoms with Crippen molar-refractivity contribution in [3.63, 3.8) is 0 Å². The molecule has 13 heterocycles. The number of nitrogens with zero attached hydrogens (tertiary/aromatic N) is 14. The van der Waals surface area contributed by atoms with Crippen LogP contribution in [0.15, 0.2) is 111 Å². The summed E-state index contributed by atoms with van der Waals surface area (Å²) < 4.78 is 92.5. The van der Waals surface area contributed by atoms with Crippen molar-refractivity contribution >= 4 is 175 Å². The summed E-state index contributed by atoms with van der Waals surface area (Å²) in [4.78, 5) is 124. The number of anilines is 2. The van der Waals surface area contributed by atoms with E-state index in [1.165, 1.54) is 57.7 Å². The number of hydrogen-bond donors (Lipinski definition) is 6. The number of nitrogens with one attached hydrogen (secondary N) is 4. The lowest BCUT2D eigenvalue weighted by atomic mass is 9.80. The van der Waals surface area contributed by atoms with Gasteiger partial charge in [0.2, 0.25) is 0 Å². The Hall–Kier alpha value is -9.46. The average Bonchev–Trinajstić information content (AvgIpc) is 0.758. The van der Waals surface area contributed by atoms with Crippen LogP contribution in [-0.2, 0) is 39.0 Å². The Kier molecular flexibility index (Phi) is 43.9. The lowest BCUT2D eigenvalue weighted by Crippen LogP contribution is -2.41. The van der Waals surface area contributed by atoms with E-state index in [-0.39, 0.29) is 109 Å². The molecule has 12 aromatic rings. The second-order valence-electron chi connectivity index (χ2n) is 42.8. The van der Waals surface area contributed by atoms with Gasteiger partial charge in [0.05, 0.1) is 67.2 Å². The van der Waals surface area contributed by atoms with Crippen LogP contribution in [0.4, 0.5) is 38.3 Å². The number of pyridine rings is 8. The highest BCUT2D eigenvalue weighted by Gasteiger charge is 2.41. The lowest BCUT2D eigenvalue weighted by molar-refractivity contribution is 0.0966. The summed E-state index contributed by atoms with van der Waals surface area (Å²) in [7, 11) is -7.75. The molecule has 11 aromatic heterocycles. The second kappa shape index (κ2) is 53.1. The van der Waals surface area contributed by atoms with E-state index < -0.39 is 106 Å². The third-order valence-corrected chi connectivity index (χ3v) is 42.8. The predicted octanol–water partition coefficient (Wildman–Crippen LogP) is 24.6. The topological polar surface area (TPSA) is 369 Å². The van der Waals surface area contributed by atoms with Crippen LogP contribution in [0.3, 0.4) is 0 Å². The Morgan fingerprint density at radius 1 is 0.487 bits per heavy atom. The Morgan fingerprint density at radius 2 is 0.893 bits per heavy atom. The molecule has 45 heteroatoms. The second-order valence-corrected chi connectivity index (χ2v) is 59.7. The molecule has 0 aliphatic carbocycles. The monoisotopic (exact) mass is 2260 g/mol. The molecule has 2 fully saturated rings. The fourth-order valence-electron chi connectivity index (χ4n) is 15.9. The Morgan fingerprint density at radius 3 is 1.30 bits per heavy atom. The summed E-state index contributed by atoms with van der Waals surface area (Å²) in [6.45, 7) is 58.6. The molecule has 6 N–H and O–H groups in total. The van der Waals surface area contributed by atoms with Crippen molar-refractivity contribution in [1.29, 1.82) is 0 Å². The summed E-state index contributed by atoms with van der Waals surface area (Å²) in [5, 5.41) is 24.3. The summed E-state index contributed by atoms with van der Waals surface area (Å²) in [6, 6.07) is 15.8. The standard InChI is InChI=1S/C29H41ClFN5O2Si.C23H29Cl2FN4O2Si.C23H30ClFN4O3Si.C18H19Cl2FN4O2.C6H5BClFO2.C6H13N/c1-18(2)23-24(20(12-14-32-23)13-16-38-39(7,8)29(4,5)6)36-27-21(17-22(31)25(30)33-27)26(34-28(36)37)35-15-10-9-11-19(35)3;1-13(2)17-18(14(8-10-27-17)9-11-32-33(6,7)23(3,4)5)30-21-15(19(24)29-22(30)31)12-16(26)20(25)28-21;1-13(2)17-18(14(8-10-26-17)9-11-32-33(6,7)23(3,4)5)29-20-15(21(30)28-22(29)31)12-16(25)19(24)27-20;1-4-5-10-6-7-22-13(9(2)3)14(10)23-18(27)25-17(26)11-8-12(21)16(20)24-15(11)19;8-4-2-1-3-5(9)6(4)7(10)11;1-6-4-2-3-5-7-6/h12,14,17-19H,9-11,13,15-16H2,1-8H3;8,10,12-13H,9,11H2,1-7H3;8,10,12-13H,9,11H2,1-7H3,(H,28,30,31);6-9H,4-5H2,1-3H3,(H2,23,25,26,27);1-3,10-11H;6-7H,2-5H2,1H3/t19-;;;;;6-/m0....0/s1. The number of carbonyl (C=O) groups is 2. The van der Waals surface area contributed by atoms with E-state index in [9.17, 15) is 50.7 Å². The highest BCUT2D eigenvalue weighted by Crippen LogP contribution is 2.42. The van der Waals surface area contributed by atoms with Gasteiger partial charge in [0.15, 0.2) is 85.8 Å². The van der Waals surface area contributed by atoms with E-state index in [2.05, 4.69) is 191 Å². The van der Waals surface area contributed by atoms with Crippen molar-refractivity contribution in [3.05, 3.63) is 249 Å². The van der Waals surface area contributed by atoms with E-state index in [0.717, 1.165) is 96.9 Å². The van der Waals surface area contributed by atoms with Gasteiger partial charge >= 0.3 is 30.2 Å². The van der Waals surface area contributed by atoms with Gasteiger partial charge in [-0.15, -0.1) is 0 Å². The quantitative estimate of drug-likeness (QED) is 0.0134. The zero-order valence-corrected chi connectivity index (χ0v) is 98.2. The van der Waals surface area contributed by atoms with Crippen molar-refractivity contribution in [2.24, 2.45) is 0 Å². The maximum Gasteiger partial charge on any atom is 0.492 e. The average molecular weight is 2270 g/mol. The minimum atomic E-state index is -1.97. The maximum absolute atomic E-state index is 14.8. The van der Waals surface area contributed by atoms with E-state index >= 15 is 0 Å². The Balaban J connectivity index is 0.000000211. The normalized spacial score (nSPS) is 14.2. The van der Waals surface area contributed by atoms with Gasteiger partial charge in [-0.05, 0) is 239 Å². The summed E-state index contributed by atoms with van der Waals surface area (Å²) in [5.41, 5.74) is 5.81. The first-order valence-electron chi connectivity index (χ1n) is 50.0. The number of rotatable bonds is 25. The predicted molar refractivity (Wildman–Crippen MR) is 601 cm³/mol.